The van der Waals surface area contributed by atoms with Crippen molar-refractivity contribution >= 4 is 27.7 Å². The molecular weight excluding hydrogens is 318 g/mol. The van der Waals surface area contributed by atoms with Crippen LogP contribution < -0.4 is 5.32 Å². The van der Waals surface area contributed by atoms with Gasteiger partial charge in [0, 0.05) is 15.4 Å². The average Bonchev–Trinajstić information content (AvgIpc) is 2.86. The van der Waals surface area contributed by atoms with Crippen molar-refractivity contribution in [2.75, 3.05) is 12.3 Å². The summed E-state index contributed by atoms with van der Waals surface area (Å²) in [5.74, 6) is 2.12. The van der Waals surface area contributed by atoms with Crippen LogP contribution >= 0.6 is 27.7 Å². The SMILES string of the molecule is CCCNC1CCCC1CCSc1ccccc1Br. The van der Waals surface area contributed by atoms with Gasteiger partial charge in [0.2, 0.25) is 0 Å². The number of hydrogen-bond acceptors (Lipinski definition) is 2. The highest BCUT2D eigenvalue weighted by Gasteiger charge is 2.25. The van der Waals surface area contributed by atoms with E-state index >= 15 is 0 Å². The van der Waals surface area contributed by atoms with Crippen molar-refractivity contribution in [3.63, 3.8) is 0 Å². The number of nitrogens with one attached hydrogen (secondary N) is 1. The Morgan fingerprint density at radius 2 is 2.16 bits per heavy atom. The Morgan fingerprint density at radius 3 is 2.95 bits per heavy atom. The Labute approximate surface area is 130 Å². The van der Waals surface area contributed by atoms with Gasteiger partial charge in [0.15, 0.2) is 0 Å². The molecule has 0 radical (unpaired) electrons. The predicted octanol–water partition coefficient (Wildman–Crippen LogP) is 5.10. The molecule has 0 spiro atoms. The van der Waals surface area contributed by atoms with Crippen LogP contribution in [0.25, 0.3) is 0 Å². The maximum absolute atomic E-state index is 3.72. The van der Waals surface area contributed by atoms with Crippen LogP contribution in [0.5, 0.6) is 0 Å². The van der Waals surface area contributed by atoms with Gasteiger partial charge >= 0.3 is 0 Å². The maximum atomic E-state index is 3.72. The zero-order valence-electron chi connectivity index (χ0n) is 11.7. The topological polar surface area (TPSA) is 12.0 Å². The molecule has 1 aromatic carbocycles. The van der Waals surface area contributed by atoms with Crippen molar-refractivity contribution in [2.45, 2.75) is 50.0 Å². The molecule has 1 aliphatic carbocycles. The van der Waals surface area contributed by atoms with Gasteiger partial charge in [-0.15, -0.1) is 11.8 Å². The third kappa shape index (κ3) is 4.80. The van der Waals surface area contributed by atoms with E-state index in [1.807, 2.05) is 11.8 Å². The Kier molecular flexibility index (Phi) is 6.75. The van der Waals surface area contributed by atoms with Crippen LogP contribution in [0.4, 0.5) is 0 Å². The predicted molar refractivity (Wildman–Crippen MR) is 88.9 cm³/mol. The fraction of sp³-hybridized carbons (Fsp3) is 0.625. The Balaban J connectivity index is 1.74. The molecule has 3 heteroatoms. The minimum absolute atomic E-state index is 0.778. The van der Waals surface area contributed by atoms with Gasteiger partial charge in [0.05, 0.1) is 0 Å². The maximum Gasteiger partial charge on any atom is 0.0311 e. The summed E-state index contributed by atoms with van der Waals surface area (Å²) in [5.41, 5.74) is 0. The van der Waals surface area contributed by atoms with E-state index in [-0.39, 0.29) is 0 Å². The molecule has 1 nitrogen and oxygen atoms in total. The Bertz CT molecular complexity index is 383. The molecule has 0 bridgehead atoms. The average molecular weight is 342 g/mol. The van der Waals surface area contributed by atoms with Crippen molar-refractivity contribution in [3.8, 4) is 0 Å². The van der Waals surface area contributed by atoms with E-state index in [1.165, 1.54) is 53.8 Å². The molecule has 2 rings (SSSR count). The van der Waals surface area contributed by atoms with Crippen molar-refractivity contribution in [1.29, 1.82) is 0 Å². The molecule has 1 fully saturated rings. The van der Waals surface area contributed by atoms with E-state index < -0.39 is 0 Å². The first-order chi connectivity index (χ1) is 9.31. The monoisotopic (exact) mass is 341 g/mol. The molecule has 1 aromatic rings. The first kappa shape index (κ1) is 15.4. The quantitative estimate of drug-likeness (QED) is 0.692. The lowest BCUT2D eigenvalue weighted by Crippen LogP contribution is -2.33. The van der Waals surface area contributed by atoms with Crippen molar-refractivity contribution in [3.05, 3.63) is 28.7 Å². The molecule has 0 saturated heterocycles. The number of rotatable bonds is 7. The molecule has 19 heavy (non-hydrogen) atoms. The van der Waals surface area contributed by atoms with Crippen LogP contribution in [0.2, 0.25) is 0 Å². The summed E-state index contributed by atoms with van der Waals surface area (Å²) in [7, 11) is 0. The summed E-state index contributed by atoms with van der Waals surface area (Å²) in [5, 5.41) is 3.72. The van der Waals surface area contributed by atoms with Crippen molar-refractivity contribution in [2.24, 2.45) is 5.92 Å². The molecule has 1 N–H and O–H groups in total. The largest absolute Gasteiger partial charge is 0.314 e. The van der Waals surface area contributed by atoms with Gasteiger partial charge in [-0.2, -0.15) is 0 Å². The highest BCUT2D eigenvalue weighted by atomic mass is 79.9. The smallest absolute Gasteiger partial charge is 0.0311 e. The molecular formula is C16H24BrNS. The lowest BCUT2D eigenvalue weighted by atomic mass is 10.0. The standard InChI is InChI=1S/C16H24BrNS/c1-2-11-18-15-8-5-6-13(15)10-12-19-16-9-4-3-7-14(16)17/h3-4,7,9,13,15,18H,2,5-6,8,10-12H2,1H3. The minimum Gasteiger partial charge on any atom is -0.314 e. The Morgan fingerprint density at radius 1 is 1.32 bits per heavy atom. The third-order valence-electron chi connectivity index (χ3n) is 3.90. The fourth-order valence-electron chi connectivity index (χ4n) is 2.86. The van der Waals surface area contributed by atoms with Gasteiger partial charge in [0.1, 0.15) is 0 Å². The normalized spacial score (nSPS) is 22.8. The summed E-state index contributed by atoms with van der Waals surface area (Å²) < 4.78 is 1.23. The second-order valence-electron chi connectivity index (χ2n) is 5.32. The second-order valence-corrected chi connectivity index (χ2v) is 7.31. The van der Waals surface area contributed by atoms with Gasteiger partial charge in [-0.25, -0.2) is 0 Å². The van der Waals surface area contributed by atoms with Crippen LogP contribution in [0, 0.1) is 5.92 Å². The second kappa shape index (κ2) is 8.33. The molecule has 1 saturated carbocycles. The van der Waals surface area contributed by atoms with Crippen LogP contribution in [-0.2, 0) is 0 Å². The Hall–Kier alpha value is 0.01000. The van der Waals surface area contributed by atoms with E-state index in [0.29, 0.717) is 0 Å². The van der Waals surface area contributed by atoms with E-state index in [1.54, 1.807) is 0 Å². The first-order valence-corrected chi connectivity index (χ1v) is 9.20. The van der Waals surface area contributed by atoms with E-state index in [9.17, 15) is 0 Å². The molecule has 2 unspecified atom stereocenters. The van der Waals surface area contributed by atoms with Crippen LogP contribution in [0.3, 0.4) is 0 Å². The summed E-state index contributed by atoms with van der Waals surface area (Å²) in [6.45, 7) is 3.43. The highest BCUT2D eigenvalue weighted by Crippen LogP contribution is 2.33. The van der Waals surface area contributed by atoms with Crippen LogP contribution in [0.15, 0.2) is 33.6 Å². The third-order valence-corrected chi connectivity index (χ3v) is 5.96. The minimum atomic E-state index is 0.778. The number of thioether (sulfide) groups is 1. The van der Waals surface area contributed by atoms with E-state index in [0.717, 1.165) is 12.0 Å². The lowest BCUT2D eigenvalue weighted by Gasteiger charge is -2.20. The molecule has 0 heterocycles. The lowest BCUT2D eigenvalue weighted by molar-refractivity contribution is 0.393. The zero-order chi connectivity index (χ0) is 13.5. The van der Waals surface area contributed by atoms with E-state index in [2.05, 4.69) is 52.4 Å². The summed E-state index contributed by atoms with van der Waals surface area (Å²) in [6, 6.07) is 9.31. The van der Waals surface area contributed by atoms with Gasteiger partial charge < -0.3 is 5.32 Å². The fourth-order valence-corrected chi connectivity index (χ4v) is 4.51. The number of benzene rings is 1. The van der Waals surface area contributed by atoms with Gasteiger partial charge in [-0.05, 0) is 72.0 Å². The highest BCUT2D eigenvalue weighted by molar-refractivity contribution is 9.10. The number of hydrogen-bond donors (Lipinski definition) is 1. The molecule has 2 atom stereocenters. The van der Waals surface area contributed by atoms with Crippen molar-refractivity contribution < 1.29 is 0 Å². The molecule has 106 valence electrons. The summed E-state index contributed by atoms with van der Waals surface area (Å²) >= 11 is 5.61. The van der Waals surface area contributed by atoms with E-state index in [4.69, 9.17) is 0 Å². The first-order valence-electron chi connectivity index (χ1n) is 7.42. The van der Waals surface area contributed by atoms with Crippen molar-refractivity contribution in [1.82, 2.24) is 5.32 Å². The molecule has 0 aliphatic heterocycles. The van der Waals surface area contributed by atoms with Gasteiger partial charge in [-0.1, -0.05) is 25.5 Å². The van der Waals surface area contributed by atoms with Gasteiger partial charge in [0.25, 0.3) is 0 Å². The van der Waals surface area contributed by atoms with Crippen LogP contribution in [-0.4, -0.2) is 18.3 Å². The van der Waals surface area contributed by atoms with Crippen LogP contribution in [0.1, 0.15) is 39.0 Å². The number of halogens is 1. The summed E-state index contributed by atoms with van der Waals surface area (Å²) in [6.07, 6.45) is 6.79. The van der Waals surface area contributed by atoms with Gasteiger partial charge in [-0.3, -0.25) is 0 Å². The molecule has 0 aromatic heterocycles. The zero-order valence-corrected chi connectivity index (χ0v) is 14.1. The molecule has 1 aliphatic rings. The summed E-state index contributed by atoms with van der Waals surface area (Å²) in [4.78, 5) is 1.37. The molecule has 0 amide bonds.